The molecule has 2 aromatic heterocycles. The highest BCUT2D eigenvalue weighted by Crippen LogP contribution is 2.30. The average molecular weight is 389 g/mol. The van der Waals surface area contributed by atoms with Crippen LogP contribution < -0.4 is 5.32 Å². The maximum absolute atomic E-state index is 5.43. The minimum atomic E-state index is 0.528. The molecule has 0 saturated heterocycles. The van der Waals surface area contributed by atoms with Gasteiger partial charge in [-0.1, -0.05) is 53.3 Å². The summed E-state index contributed by atoms with van der Waals surface area (Å²) < 4.78 is 5.43. The fraction of sp³-hybridized carbons (Fsp3) is 0.238. The number of fused-ring (bicyclic) bond motifs is 1. The first-order chi connectivity index (χ1) is 13.8. The summed E-state index contributed by atoms with van der Waals surface area (Å²) in [6.45, 7) is 2.04. The van der Waals surface area contributed by atoms with Crippen LogP contribution in [0.4, 0.5) is 5.82 Å². The Balaban J connectivity index is 1.37. The zero-order valence-electron chi connectivity index (χ0n) is 15.4. The fourth-order valence-electron chi connectivity index (χ4n) is 3.02. The quantitative estimate of drug-likeness (QED) is 0.373. The number of aromatic nitrogens is 4. The first-order valence-corrected chi connectivity index (χ1v) is 10.3. The first kappa shape index (κ1) is 17.2. The van der Waals surface area contributed by atoms with Gasteiger partial charge in [-0.3, -0.25) is 0 Å². The Hall–Kier alpha value is -2.93. The third-order valence-electron chi connectivity index (χ3n) is 4.68. The lowest BCUT2D eigenvalue weighted by atomic mass is 10.1. The lowest BCUT2D eigenvalue weighted by molar-refractivity contribution is 0.391. The molecule has 4 aromatic rings. The Morgan fingerprint density at radius 1 is 1.04 bits per heavy atom. The second-order valence-corrected chi connectivity index (χ2v) is 7.85. The third-order valence-corrected chi connectivity index (χ3v) is 5.51. The normalized spacial score (nSPS) is 13.8. The largest absolute Gasteiger partial charge is 0.367 e. The summed E-state index contributed by atoms with van der Waals surface area (Å²) in [4.78, 5) is 13.9. The molecule has 0 aliphatic heterocycles. The van der Waals surface area contributed by atoms with Crippen LogP contribution in [0.5, 0.6) is 0 Å². The topological polar surface area (TPSA) is 76.7 Å². The number of nitrogens with one attached hydrogen (secondary N) is 1. The molecule has 0 bridgehead atoms. The molecule has 0 radical (unpaired) electrons. The minimum Gasteiger partial charge on any atom is -0.367 e. The van der Waals surface area contributed by atoms with Gasteiger partial charge in [0.1, 0.15) is 5.82 Å². The summed E-state index contributed by atoms with van der Waals surface area (Å²) in [5.41, 5.74) is 3.05. The summed E-state index contributed by atoms with van der Waals surface area (Å²) in [6.07, 6.45) is 2.40. The van der Waals surface area contributed by atoms with E-state index in [2.05, 4.69) is 26.5 Å². The van der Waals surface area contributed by atoms with Gasteiger partial charge in [0, 0.05) is 17.0 Å². The van der Waals surface area contributed by atoms with E-state index in [1.165, 1.54) is 24.6 Å². The van der Waals surface area contributed by atoms with E-state index in [9.17, 15) is 0 Å². The van der Waals surface area contributed by atoms with Gasteiger partial charge in [-0.05, 0) is 37.5 Å². The van der Waals surface area contributed by atoms with Crippen LogP contribution in [0.15, 0.2) is 58.2 Å². The molecule has 2 heterocycles. The molecule has 5 rings (SSSR count). The smallest absolute Gasteiger partial charge is 0.237 e. The van der Waals surface area contributed by atoms with Crippen molar-refractivity contribution < 1.29 is 4.52 Å². The highest BCUT2D eigenvalue weighted by atomic mass is 32.2. The van der Waals surface area contributed by atoms with Crippen LogP contribution >= 0.6 is 11.8 Å². The van der Waals surface area contributed by atoms with Gasteiger partial charge in [-0.25, -0.2) is 9.97 Å². The van der Waals surface area contributed by atoms with Crippen LogP contribution in [0, 0.1) is 6.92 Å². The second-order valence-electron chi connectivity index (χ2n) is 6.91. The van der Waals surface area contributed by atoms with Crippen LogP contribution in [0.3, 0.4) is 0 Å². The number of anilines is 1. The predicted octanol–water partition coefficient (Wildman–Crippen LogP) is 4.85. The van der Waals surface area contributed by atoms with Gasteiger partial charge in [0.05, 0.1) is 11.3 Å². The molecule has 1 fully saturated rings. The lowest BCUT2D eigenvalue weighted by Crippen LogP contribution is -2.05. The van der Waals surface area contributed by atoms with E-state index in [0.29, 0.717) is 28.7 Å². The molecule has 0 atom stereocenters. The molecule has 1 aliphatic carbocycles. The summed E-state index contributed by atoms with van der Waals surface area (Å²) >= 11 is 1.50. The van der Waals surface area contributed by atoms with Crippen molar-refractivity contribution in [2.75, 3.05) is 5.32 Å². The van der Waals surface area contributed by atoms with Crippen molar-refractivity contribution in [3.63, 3.8) is 0 Å². The Morgan fingerprint density at radius 2 is 1.86 bits per heavy atom. The number of aryl methyl sites for hydroxylation is 1. The van der Waals surface area contributed by atoms with E-state index in [0.717, 1.165) is 27.8 Å². The van der Waals surface area contributed by atoms with E-state index >= 15 is 0 Å². The molecule has 28 heavy (non-hydrogen) atoms. The Kier molecular flexibility index (Phi) is 4.44. The van der Waals surface area contributed by atoms with Crippen molar-refractivity contribution in [2.24, 2.45) is 0 Å². The van der Waals surface area contributed by atoms with Gasteiger partial charge in [-0.15, -0.1) is 0 Å². The molecular formula is C21H19N5OS. The number of benzene rings is 2. The van der Waals surface area contributed by atoms with Crippen molar-refractivity contribution >= 4 is 28.5 Å². The molecule has 7 heteroatoms. The minimum absolute atomic E-state index is 0.528. The van der Waals surface area contributed by atoms with Gasteiger partial charge < -0.3 is 9.84 Å². The fourth-order valence-corrected chi connectivity index (χ4v) is 3.71. The maximum Gasteiger partial charge on any atom is 0.237 e. The highest BCUT2D eigenvalue weighted by Gasteiger charge is 2.23. The van der Waals surface area contributed by atoms with E-state index in [1.54, 1.807) is 0 Å². The zero-order valence-corrected chi connectivity index (χ0v) is 16.2. The van der Waals surface area contributed by atoms with Gasteiger partial charge in [-0.2, -0.15) is 4.98 Å². The summed E-state index contributed by atoms with van der Waals surface area (Å²) in [5.74, 6) is 2.61. The van der Waals surface area contributed by atoms with Crippen LogP contribution in [0.1, 0.15) is 24.3 Å². The predicted molar refractivity (Wildman–Crippen MR) is 110 cm³/mol. The van der Waals surface area contributed by atoms with E-state index < -0.39 is 0 Å². The summed E-state index contributed by atoms with van der Waals surface area (Å²) in [7, 11) is 0. The molecule has 1 saturated carbocycles. The van der Waals surface area contributed by atoms with Crippen molar-refractivity contribution in [1.82, 2.24) is 20.1 Å². The second kappa shape index (κ2) is 7.24. The maximum atomic E-state index is 5.43. The molecule has 1 aliphatic rings. The van der Waals surface area contributed by atoms with Crippen molar-refractivity contribution in [1.29, 1.82) is 0 Å². The third kappa shape index (κ3) is 3.57. The molecule has 2 aromatic carbocycles. The molecule has 1 N–H and O–H groups in total. The summed E-state index contributed by atoms with van der Waals surface area (Å²) in [6, 6.07) is 16.6. The average Bonchev–Trinajstić information content (AvgIpc) is 3.41. The molecular weight excluding hydrogens is 370 g/mol. The summed E-state index contributed by atoms with van der Waals surface area (Å²) in [5, 5.41) is 9.40. The number of hydrogen-bond donors (Lipinski definition) is 1. The van der Waals surface area contributed by atoms with E-state index in [4.69, 9.17) is 9.51 Å². The number of para-hydroxylation sites is 1. The number of hydrogen-bond acceptors (Lipinski definition) is 7. The van der Waals surface area contributed by atoms with Crippen LogP contribution in [0.2, 0.25) is 0 Å². The molecule has 140 valence electrons. The first-order valence-electron chi connectivity index (χ1n) is 9.31. The molecule has 0 unspecified atom stereocenters. The van der Waals surface area contributed by atoms with Crippen LogP contribution in [0.25, 0.3) is 22.3 Å². The lowest BCUT2D eigenvalue weighted by Gasteiger charge is -2.09. The monoisotopic (exact) mass is 389 g/mol. The van der Waals surface area contributed by atoms with Gasteiger partial charge in [0.25, 0.3) is 0 Å². The number of nitrogens with zero attached hydrogens (tertiary/aromatic N) is 4. The van der Waals surface area contributed by atoms with Crippen molar-refractivity contribution in [3.05, 3.63) is 60.0 Å². The van der Waals surface area contributed by atoms with Gasteiger partial charge >= 0.3 is 0 Å². The Morgan fingerprint density at radius 3 is 2.71 bits per heavy atom. The molecule has 0 spiro atoms. The van der Waals surface area contributed by atoms with Crippen LogP contribution in [-0.4, -0.2) is 26.2 Å². The van der Waals surface area contributed by atoms with E-state index in [-0.39, 0.29) is 0 Å². The Labute approximate surface area is 166 Å². The SMILES string of the molecule is Cc1ccccc1-c1noc(CSc2nc(NC3CC3)c3ccccc3n2)n1. The number of rotatable bonds is 6. The van der Waals surface area contributed by atoms with Crippen molar-refractivity contribution in [2.45, 2.75) is 36.7 Å². The van der Waals surface area contributed by atoms with E-state index in [1.807, 2.05) is 49.4 Å². The zero-order chi connectivity index (χ0) is 18.9. The standard InChI is InChI=1S/C21H19N5OS/c1-13-6-2-3-7-15(13)20-24-18(27-26-20)12-28-21-23-17-9-5-4-8-16(17)19(25-21)22-14-10-11-14/h2-9,14H,10-12H2,1H3,(H,22,23,25). The van der Waals surface area contributed by atoms with Crippen molar-refractivity contribution in [3.8, 4) is 11.4 Å². The Bertz CT molecular complexity index is 1140. The molecule has 6 nitrogen and oxygen atoms in total. The number of thioether (sulfide) groups is 1. The van der Waals surface area contributed by atoms with Crippen LogP contribution in [-0.2, 0) is 5.75 Å². The molecule has 0 amide bonds. The highest BCUT2D eigenvalue weighted by molar-refractivity contribution is 7.98. The van der Waals surface area contributed by atoms with Gasteiger partial charge in [0.15, 0.2) is 5.16 Å². The van der Waals surface area contributed by atoms with Gasteiger partial charge in [0.2, 0.25) is 11.7 Å².